The van der Waals surface area contributed by atoms with Crippen LogP contribution in [0.15, 0.2) is 67.0 Å². The Morgan fingerprint density at radius 1 is 0.917 bits per heavy atom. The molecule has 1 saturated carbocycles. The Labute approximate surface area is 222 Å². The van der Waals surface area contributed by atoms with Gasteiger partial charge >= 0.3 is 0 Å². The number of aromatic nitrogens is 3. The molecular weight excluding hydrogens is 491 g/mol. The average Bonchev–Trinajstić information content (AvgIpc) is 3.24. The van der Waals surface area contributed by atoms with Crippen LogP contribution in [0.3, 0.4) is 0 Å². The molecule has 5 nitrogen and oxygen atoms in total. The highest BCUT2D eigenvalue weighted by molar-refractivity contribution is 6.35. The molecule has 0 spiro atoms. The van der Waals surface area contributed by atoms with Crippen LogP contribution >= 0.6 is 23.2 Å². The molecule has 0 aliphatic heterocycles. The Hall–Kier alpha value is -2.86. The van der Waals surface area contributed by atoms with Crippen LogP contribution in [0.5, 0.6) is 5.88 Å². The maximum Gasteiger partial charge on any atom is 0.238 e. The SMILES string of the molecule is Cc1c(OCN(C)C2CCCCC2)nn(-c2ccc(Cl)cc2Cl)c1-c1ccc(-c2ccncc2)cc1. The Morgan fingerprint density at radius 2 is 1.58 bits per heavy atom. The molecule has 0 atom stereocenters. The smallest absolute Gasteiger partial charge is 0.238 e. The summed E-state index contributed by atoms with van der Waals surface area (Å²) in [5, 5.41) is 5.99. The van der Waals surface area contributed by atoms with E-state index in [-0.39, 0.29) is 0 Å². The van der Waals surface area contributed by atoms with Gasteiger partial charge in [0, 0.05) is 34.6 Å². The summed E-state index contributed by atoms with van der Waals surface area (Å²) in [4.78, 5) is 6.42. The maximum absolute atomic E-state index is 6.62. The first-order valence-corrected chi connectivity index (χ1v) is 13.2. The van der Waals surface area contributed by atoms with Gasteiger partial charge in [0.1, 0.15) is 6.73 Å². The molecule has 1 aliphatic rings. The van der Waals surface area contributed by atoms with Crippen molar-refractivity contribution >= 4 is 23.2 Å². The van der Waals surface area contributed by atoms with Crippen molar-refractivity contribution in [2.45, 2.75) is 45.1 Å². The van der Waals surface area contributed by atoms with E-state index in [9.17, 15) is 0 Å². The first-order valence-electron chi connectivity index (χ1n) is 12.4. The van der Waals surface area contributed by atoms with E-state index in [0.29, 0.717) is 28.7 Å². The second-order valence-electron chi connectivity index (χ2n) is 9.42. The van der Waals surface area contributed by atoms with E-state index in [1.807, 2.05) is 28.9 Å². The Balaban J connectivity index is 1.49. The quantitative estimate of drug-likeness (QED) is 0.233. The van der Waals surface area contributed by atoms with E-state index in [4.69, 9.17) is 33.0 Å². The summed E-state index contributed by atoms with van der Waals surface area (Å²) in [6.07, 6.45) is 9.97. The van der Waals surface area contributed by atoms with Gasteiger partial charge in [-0.2, -0.15) is 0 Å². The summed E-state index contributed by atoms with van der Waals surface area (Å²) in [5.41, 5.74) is 5.94. The normalized spacial score (nSPS) is 14.4. The Morgan fingerprint density at radius 3 is 2.28 bits per heavy atom. The van der Waals surface area contributed by atoms with E-state index >= 15 is 0 Å². The van der Waals surface area contributed by atoms with Gasteiger partial charge in [0.05, 0.1) is 16.4 Å². The predicted octanol–water partition coefficient (Wildman–Crippen LogP) is 7.82. The fourth-order valence-electron chi connectivity index (χ4n) is 4.93. The van der Waals surface area contributed by atoms with Crippen LogP contribution in [-0.2, 0) is 0 Å². The van der Waals surface area contributed by atoms with Gasteiger partial charge in [0.2, 0.25) is 5.88 Å². The van der Waals surface area contributed by atoms with Gasteiger partial charge < -0.3 is 4.74 Å². The van der Waals surface area contributed by atoms with Gasteiger partial charge in [-0.25, -0.2) is 4.68 Å². The molecule has 186 valence electrons. The van der Waals surface area contributed by atoms with Gasteiger partial charge in [-0.1, -0.05) is 66.7 Å². The van der Waals surface area contributed by atoms with E-state index in [2.05, 4.69) is 48.1 Å². The summed E-state index contributed by atoms with van der Waals surface area (Å²) < 4.78 is 8.16. The average molecular weight is 521 g/mol. The van der Waals surface area contributed by atoms with Crippen molar-refractivity contribution in [2.75, 3.05) is 13.8 Å². The Bertz CT molecular complexity index is 1320. The highest BCUT2D eigenvalue weighted by Gasteiger charge is 2.22. The first kappa shape index (κ1) is 24.8. The first-order chi connectivity index (χ1) is 17.5. The zero-order chi connectivity index (χ0) is 25.1. The van der Waals surface area contributed by atoms with Crippen molar-refractivity contribution in [2.24, 2.45) is 0 Å². The fraction of sp³-hybridized carbons (Fsp3) is 0.310. The van der Waals surface area contributed by atoms with Crippen LogP contribution in [0, 0.1) is 6.92 Å². The van der Waals surface area contributed by atoms with E-state index < -0.39 is 0 Å². The largest absolute Gasteiger partial charge is 0.460 e. The zero-order valence-electron chi connectivity index (χ0n) is 20.6. The van der Waals surface area contributed by atoms with Crippen LogP contribution in [0.25, 0.3) is 28.1 Å². The molecule has 2 heterocycles. The third kappa shape index (κ3) is 5.29. The number of pyridine rings is 1. The number of halogens is 2. The summed E-state index contributed by atoms with van der Waals surface area (Å²) in [7, 11) is 2.14. The lowest BCUT2D eigenvalue weighted by molar-refractivity contribution is 0.0873. The monoisotopic (exact) mass is 520 g/mol. The van der Waals surface area contributed by atoms with Gasteiger partial charge in [0.25, 0.3) is 0 Å². The molecule has 2 aromatic heterocycles. The van der Waals surface area contributed by atoms with Crippen molar-refractivity contribution in [3.05, 3.63) is 82.6 Å². The number of nitrogens with zero attached hydrogens (tertiary/aromatic N) is 4. The minimum Gasteiger partial charge on any atom is -0.460 e. The topological polar surface area (TPSA) is 43.2 Å². The molecule has 4 aromatic rings. The summed E-state index contributed by atoms with van der Waals surface area (Å²) in [6, 6.07) is 18.5. The molecule has 0 N–H and O–H groups in total. The minimum atomic E-state index is 0.497. The van der Waals surface area contributed by atoms with E-state index in [1.165, 1.54) is 32.1 Å². The summed E-state index contributed by atoms with van der Waals surface area (Å²) >= 11 is 12.8. The lowest BCUT2D eigenvalue weighted by Gasteiger charge is -2.30. The van der Waals surface area contributed by atoms with Crippen LogP contribution in [-0.4, -0.2) is 39.5 Å². The van der Waals surface area contributed by atoms with Crippen LogP contribution in [0.4, 0.5) is 0 Å². The minimum absolute atomic E-state index is 0.497. The lowest BCUT2D eigenvalue weighted by Crippen LogP contribution is -2.36. The van der Waals surface area contributed by atoms with E-state index in [1.54, 1.807) is 18.5 Å². The number of benzene rings is 2. The molecule has 0 radical (unpaired) electrons. The van der Waals surface area contributed by atoms with E-state index in [0.717, 1.165) is 33.6 Å². The summed E-state index contributed by atoms with van der Waals surface area (Å²) in [5.74, 6) is 0.608. The van der Waals surface area contributed by atoms with Crippen molar-refractivity contribution in [3.8, 4) is 34.0 Å². The second kappa shape index (κ2) is 11.0. The third-order valence-electron chi connectivity index (χ3n) is 6.99. The zero-order valence-corrected chi connectivity index (χ0v) is 22.1. The number of hydrogen-bond acceptors (Lipinski definition) is 4. The van der Waals surface area contributed by atoms with Crippen LogP contribution in [0.1, 0.15) is 37.7 Å². The summed E-state index contributed by atoms with van der Waals surface area (Å²) in [6.45, 7) is 2.55. The van der Waals surface area contributed by atoms with Gasteiger partial charge in [-0.15, -0.1) is 5.10 Å². The van der Waals surface area contributed by atoms with Crippen LogP contribution < -0.4 is 4.74 Å². The maximum atomic E-state index is 6.62. The third-order valence-corrected chi connectivity index (χ3v) is 7.53. The second-order valence-corrected chi connectivity index (χ2v) is 10.3. The molecule has 1 fully saturated rings. The molecule has 0 unspecified atom stereocenters. The van der Waals surface area contributed by atoms with Gasteiger partial charge in [0.15, 0.2) is 0 Å². The predicted molar refractivity (Wildman–Crippen MR) is 147 cm³/mol. The molecule has 1 aliphatic carbocycles. The van der Waals surface area contributed by atoms with Crippen molar-refractivity contribution < 1.29 is 4.74 Å². The van der Waals surface area contributed by atoms with Crippen molar-refractivity contribution in [1.82, 2.24) is 19.7 Å². The van der Waals surface area contributed by atoms with Crippen molar-refractivity contribution in [3.63, 3.8) is 0 Å². The molecule has 0 saturated heterocycles. The molecule has 0 amide bonds. The number of ether oxygens (including phenoxy) is 1. The number of hydrogen-bond donors (Lipinski definition) is 0. The lowest BCUT2D eigenvalue weighted by atomic mass is 9.95. The highest BCUT2D eigenvalue weighted by atomic mass is 35.5. The molecule has 7 heteroatoms. The molecule has 2 aromatic carbocycles. The molecule has 36 heavy (non-hydrogen) atoms. The Kier molecular flexibility index (Phi) is 7.61. The molecule has 0 bridgehead atoms. The van der Waals surface area contributed by atoms with Crippen LogP contribution in [0.2, 0.25) is 10.0 Å². The van der Waals surface area contributed by atoms with Crippen molar-refractivity contribution in [1.29, 1.82) is 0 Å². The molecular formula is C29H30Cl2N4O. The fourth-order valence-corrected chi connectivity index (χ4v) is 5.42. The van der Waals surface area contributed by atoms with Gasteiger partial charge in [-0.05, 0) is 68.3 Å². The number of rotatable bonds is 7. The highest BCUT2D eigenvalue weighted by Crippen LogP contribution is 2.36. The standard InChI is InChI=1S/C29H30Cl2N4O/c1-20-28(23-10-8-21(9-11-23)22-14-16-32-17-15-22)35(27-13-12-24(30)18-26(27)31)33-29(20)36-19-34(2)25-6-4-3-5-7-25/h8-18,25H,3-7,19H2,1-2H3. The van der Waals surface area contributed by atoms with Gasteiger partial charge in [-0.3, -0.25) is 9.88 Å². The molecule has 5 rings (SSSR count).